The minimum Gasteiger partial charge on any atom is -0.233 e. The van der Waals surface area contributed by atoms with Gasteiger partial charge in [0.2, 0.25) is 0 Å². The summed E-state index contributed by atoms with van der Waals surface area (Å²) in [6, 6.07) is 2.13. The van der Waals surface area contributed by atoms with Crippen LogP contribution >= 0.6 is 22.9 Å². The molecule has 0 saturated carbocycles. The lowest BCUT2D eigenvalue weighted by Gasteiger charge is -2.12. The van der Waals surface area contributed by atoms with Crippen molar-refractivity contribution in [2.45, 2.75) is 40.5 Å². The lowest BCUT2D eigenvalue weighted by atomic mass is 10.0. The van der Waals surface area contributed by atoms with E-state index in [1.165, 1.54) is 9.75 Å². The number of rotatable bonds is 2. The summed E-state index contributed by atoms with van der Waals surface area (Å²) in [6.07, 6.45) is 0. The second-order valence-electron chi connectivity index (χ2n) is 4.82. The lowest BCUT2D eigenvalue weighted by Crippen LogP contribution is -2.01. The molecule has 2 heterocycles. The van der Waals surface area contributed by atoms with Crippen LogP contribution in [0, 0.1) is 20.8 Å². The Morgan fingerprint density at radius 3 is 2.28 bits per heavy atom. The van der Waals surface area contributed by atoms with Gasteiger partial charge < -0.3 is 0 Å². The van der Waals surface area contributed by atoms with Crippen molar-refractivity contribution in [2.75, 3.05) is 0 Å². The average Bonchev–Trinajstić information content (AvgIpc) is 2.56. The second kappa shape index (κ2) is 4.98. The van der Waals surface area contributed by atoms with Gasteiger partial charge in [-0.1, -0.05) is 25.4 Å². The van der Waals surface area contributed by atoms with Gasteiger partial charge in [0.05, 0.1) is 0 Å². The molecule has 0 fully saturated rings. The summed E-state index contributed by atoms with van der Waals surface area (Å²) in [5, 5.41) is 0.579. The first kappa shape index (κ1) is 13.5. The van der Waals surface area contributed by atoms with E-state index >= 15 is 0 Å². The molecule has 2 aromatic rings. The Hall–Kier alpha value is -0.930. The minimum atomic E-state index is 0.344. The molecule has 2 aromatic heterocycles. The van der Waals surface area contributed by atoms with Gasteiger partial charge in [0.25, 0.3) is 0 Å². The summed E-state index contributed by atoms with van der Waals surface area (Å²) in [4.78, 5) is 11.6. The normalized spacial score (nSPS) is 11.3. The molecule has 0 aliphatic heterocycles. The van der Waals surface area contributed by atoms with Crippen molar-refractivity contribution >= 4 is 22.9 Å². The molecule has 0 aliphatic carbocycles. The molecule has 18 heavy (non-hydrogen) atoms. The molecule has 0 spiro atoms. The molecule has 0 bridgehead atoms. The standard InChI is InChI=1S/C14H17ClN2S/c1-7(2)12-9(4)16-14(17-13(12)15)11-6-8(3)18-10(11)5/h6-7H,1-5H3. The number of thiophene rings is 1. The SMILES string of the molecule is Cc1cc(-c2nc(C)c(C(C)C)c(Cl)n2)c(C)s1. The highest BCUT2D eigenvalue weighted by Crippen LogP contribution is 2.32. The molecular formula is C14H17ClN2S. The highest BCUT2D eigenvalue weighted by molar-refractivity contribution is 7.12. The predicted octanol–water partition coefficient (Wildman–Crippen LogP) is 4.91. The highest BCUT2D eigenvalue weighted by Gasteiger charge is 2.16. The van der Waals surface area contributed by atoms with Crippen molar-refractivity contribution in [3.05, 3.63) is 32.2 Å². The van der Waals surface area contributed by atoms with Gasteiger partial charge in [0.1, 0.15) is 5.15 Å². The summed E-state index contributed by atoms with van der Waals surface area (Å²) in [7, 11) is 0. The van der Waals surface area contributed by atoms with E-state index in [-0.39, 0.29) is 0 Å². The Balaban J connectivity index is 2.58. The van der Waals surface area contributed by atoms with E-state index in [1.54, 1.807) is 11.3 Å². The van der Waals surface area contributed by atoms with Gasteiger partial charge in [0, 0.05) is 26.6 Å². The molecule has 2 nitrogen and oxygen atoms in total. The Bertz CT molecular complexity index is 564. The van der Waals surface area contributed by atoms with Gasteiger partial charge in [-0.3, -0.25) is 0 Å². The molecule has 0 unspecified atom stereocenters. The third kappa shape index (κ3) is 2.43. The zero-order valence-electron chi connectivity index (χ0n) is 11.3. The van der Waals surface area contributed by atoms with Crippen LogP contribution in [0.4, 0.5) is 0 Å². The van der Waals surface area contributed by atoms with Crippen molar-refractivity contribution in [2.24, 2.45) is 0 Å². The van der Waals surface area contributed by atoms with Crippen LogP contribution in [0.3, 0.4) is 0 Å². The maximum Gasteiger partial charge on any atom is 0.162 e. The van der Waals surface area contributed by atoms with Crippen LogP contribution in [0.1, 0.15) is 40.8 Å². The molecule has 0 amide bonds. The molecule has 0 aromatic carbocycles. The first-order valence-electron chi connectivity index (χ1n) is 6.01. The number of hydrogen-bond acceptors (Lipinski definition) is 3. The Labute approximate surface area is 117 Å². The maximum atomic E-state index is 6.29. The van der Waals surface area contributed by atoms with E-state index in [0.29, 0.717) is 11.1 Å². The average molecular weight is 281 g/mol. The molecule has 0 N–H and O–H groups in total. The fraction of sp³-hybridized carbons (Fsp3) is 0.429. The summed E-state index contributed by atoms with van der Waals surface area (Å²) in [6.45, 7) is 10.4. The Kier molecular flexibility index (Phi) is 3.74. The van der Waals surface area contributed by atoms with Gasteiger partial charge in [-0.15, -0.1) is 11.3 Å². The van der Waals surface area contributed by atoms with E-state index in [1.807, 2.05) is 6.92 Å². The van der Waals surface area contributed by atoms with Crippen LogP contribution in [0.15, 0.2) is 6.07 Å². The largest absolute Gasteiger partial charge is 0.233 e. The van der Waals surface area contributed by atoms with Crippen LogP contribution in [0.2, 0.25) is 5.15 Å². The van der Waals surface area contributed by atoms with Crippen molar-refractivity contribution in [1.82, 2.24) is 9.97 Å². The van der Waals surface area contributed by atoms with Crippen molar-refractivity contribution in [3.8, 4) is 11.4 Å². The van der Waals surface area contributed by atoms with Crippen molar-refractivity contribution in [1.29, 1.82) is 0 Å². The molecular weight excluding hydrogens is 264 g/mol. The molecule has 0 saturated heterocycles. The number of aryl methyl sites for hydroxylation is 3. The zero-order chi connectivity index (χ0) is 13.4. The van der Waals surface area contributed by atoms with Gasteiger partial charge in [-0.05, 0) is 32.8 Å². The van der Waals surface area contributed by atoms with Crippen molar-refractivity contribution in [3.63, 3.8) is 0 Å². The zero-order valence-corrected chi connectivity index (χ0v) is 12.9. The van der Waals surface area contributed by atoms with E-state index in [0.717, 1.165) is 22.6 Å². The van der Waals surface area contributed by atoms with Gasteiger partial charge >= 0.3 is 0 Å². The van der Waals surface area contributed by atoms with Gasteiger partial charge in [-0.25, -0.2) is 9.97 Å². The van der Waals surface area contributed by atoms with Crippen molar-refractivity contribution < 1.29 is 0 Å². The number of aromatic nitrogens is 2. The maximum absolute atomic E-state index is 6.29. The molecule has 0 radical (unpaired) electrons. The predicted molar refractivity (Wildman–Crippen MR) is 78.7 cm³/mol. The van der Waals surface area contributed by atoms with Gasteiger partial charge in [-0.2, -0.15) is 0 Å². The van der Waals surface area contributed by atoms with Crippen LogP contribution in [0.5, 0.6) is 0 Å². The molecule has 0 aliphatic rings. The van der Waals surface area contributed by atoms with Crippen LogP contribution in [-0.4, -0.2) is 9.97 Å². The second-order valence-corrected chi connectivity index (χ2v) is 6.64. The van der Waals surface area contributed by atoms with E-state index in [2.05, 4.69) is 43.7 Å². The molecule has 4 heteroatoms. The first-order valence-corrected chi connectivity index (χ1v) is 7.21. The van der Waals surface area contributed by atoms with E-state index in [4.69, 9.17) is 11.6 Å². The number of nitrogens with zero attached hydrogens (tertiary/aromatic N) is 2. The molecule has 96 valence electrons. The Morgan fingerprint density at radius 2 is 1.83 bits per heavy atom. The van der Waals surface area contributed by atoms with Gasteiger partial charge in [0.15, 0.2) is 5.82 Å². The summed E-state index contributed by atoms with van der Waals surface area (Å²) < 4.78 is 0. The summed E-state index contributed by atoms with van der Waals surface area (Å²) in [5.74, 6) is 1.08. The smallest absolute Gasteiger partial charge is 0.162 e. The summed E-state index contributed by atoms with van der Waals surface area (Å²) in [5.41, 5.74) is 3.12. The van der Waals surface area contributed by atoms with Crippen LogP contribution in [0.25, 0.3) is 11.4 Å². The van der Waals surface area contributed by atoms with E-state index in [9.17, 15) is 0 Å². The lowest BCUT2D eigenvalue weighted by molar-refractivity contribution is 0.831. The third-order valence-electron chi connectivity index (χ3n) is 2.95. The fourth-order valence-electron chi connectivity index (χ4n) is 2.18. The topological polar surface area (TPSA) is 25.8 Å². The molecule has 2 rings (SSSR count). The quantitative estimate of drug-likeness (QED) is 0.731. The fourth-order valence-corrected chi connectivity index (χ4v) is 3.53. The van der Waals surface area contributed by atoms with E-state index < -0.39 is 0 Å². The Morgan fingerprint density at radius 1 is 1.17 bits per heavy atom. The highest BCUT2D eigenvalue weighted by atomic mass is 35.5. The number of hydrogen-bond donors (Lipinski definition) is 0. The number of halogens is 1. The molecule has 0 atom stereocenters. The first-order chi connectivity index (χ1) is 8.40. The third-order valence-corrected chi connectivity index (χ3v) is 4.20. The summed E-state index contributed by atoms with van der Waals surface area (Å²) >= 11 is 8.05. The monoisotopic (exact) mass is 280 g/mol. The minimum absolute atomic E-state index is 0.344. The van der Waals surface area contributed by atoms with Crippen LogP contribution < -0.4 is 0 Å². The van der Waals surface area contributed by atoms with Crippen LogP contribution in [-0.2, 0) is 0 Å².